The van der Waals surface area contributed by atoms with Gasteiger partial charge in [0, 0.05) is 18.2 Å². The van der Waals surface area contributed by atoms with Crippen LogP contribution < -0.4 is 9.21 Å². The largest absolute Gasteiger partial charge is 0.309 e. The molecule has 1 heterocycles. The molecule has 2 aromatic rings. The zero-order valence-corrected chi connectivity index (χ0v) is 16.1. The number of carbonyl (C=O) groups is 1. The summed E-state index contributed by atoms with van der Waals surface area (Å²) in [7, 11) is -3.50. The van der Waals surface area contributed by atoms with Gasteiger partial charge in [-0.3, -0.25) is 9.10 Å². The summed E-state index contributed by atoms with van der Waals surface area (Å²) in [5.41, 5.74) is 2.30. The first-order valence-corrected chi connectivity index (χ1v) is 10.6. The lowest BCUT2D eigenvalue weighted by Gasteiger charge is -2.43. The zero-order valence-electron chi connectivity index (χ0n) is 15.3. The van der Waals surface area contributed by atoms with Crippen molar-refractivity contribution in [2.75, 3.05) is 15.5 Å². The molecular weight excluding hydrogens is 348 g/mol. The SMILES string of the molecule is CCC(=O)N1c2ccccc2[C@H](N(c2ccccc2)S(C)(=O)=O)C[C@@H]1C. The van der Waals surface area contributed by atoms with Gasteiger partial charge >= 0.3 is 0 Å². The van der Waals surface area contributed by atoms with Gasteiger partial charge in [0.1, 0.15) is 0 Å². The molecule has 0 radical (unpaired) electrons. The quantitative estimate of drug-likeness (QED) is 0.822. The average molecular weight is 372 g/mol. The Labute approximate surface area is 155 Å². The molecule has 0 saturated heterocycles. The Kier molecular flexibility index (Phi) is 5.05. The van der Waals surface area contributed by atoms with E-state index in [1.165, 1.54) is 10.6 Å². The number of fused-ring (bicyclic) bond motifs is 1. The van der Waals surface area contributed by atoms with Gasteiger partial charge in [-0.15, -0.1) is 0 Å². The highest BCUT2D eigenvalue weighted by Crippen LogP contribution is 2.43. The Morgan fingerprint density at radius 1 is 1.12 bits per heavy atom. The van der Waals surface area contributed by atoms with Crippen LogP contribution in [0.3, 0.4) is 0 Å². The second kappa shape index (κ2) is 7.11. The first kappa shape index (κ1) is 18.5. The molecule has 2 aromatic carbocycles. The van der Waals surface area contributed by atoms with E-state index in [9.17, 15) is 13.2 Å². The molecule has 0 unspecified atom stereocenters. The molecule has 138 valence electrons. The molecule has 6 heteroatoms. The van der Waals surface area contributed by atoms with E-state index in [2.05, 4.69) is 0 Å². The summed E-state index contributed by atoms with van der Waals surface area (Å²) in [5, 5.41) is 0. The van der Waals surface area contributed by atoms with Crippen LogP contribution in [0.1, 0.15) is 38.3 Å². The van der Waals surface area contributed by atoms with E-state index in [0.29, 0.717) is 18.5 Å². The molecule has 0 N–H and O–H groups in total. The molecule has 2 atom stereocenters. The van der Waals surface area contributed by atoms with Crippen molar-refractivity contribution in [2.24, 2.45) is 0 Å². The Morgan fingerprint density at radius 3 is 2.35 bits per heavy atom. The highest BCUT2D eigenvalue weighted by Gasteiger charge is 2.38. The highest BCUT2D eigenvalue weighted by atomic mass is 32.2. The van der Waals surface area contributed by atoms with Crippen LogP contribution >= 0.6 is 0 Å². The van der Waals surface area contributed by atoms with Crippen molar-refractivity contribution in [3.8, 4) is 0 Å². The lowest BCUT2D eigenvalue weighted by Crippen LogP contribution is -2.47. The lowest BCUT2D eigenvalue weighted by molar-refractivity contribution is -0.118. The van der Waals surface area contributed by atoms with Gasteiger partial charge in [0.2, 0.25) is 15.9 Å². The number of benzene rings is 2. The number of hydrogen-bond acceptors (Lipinski definition) is 3. The third-order valence-electron chi connectivity index (χ3n) is 4.78. The molecule has 1 aliphatic rings. The Balaban J connectivity index is 2.16. The molecule has 1 aliphatic heterocycles. The minimum atomic E-state index is -3.50. The molecule has 1 amide bonds. The molecule has 5 nitrogen and oxygen atoms in total. The molecule has 26 heavy (non-hydrogen) atoms. The number of rotatable bonds is 4. The zero-order chi connectivity index (χ0) is 18.9. The van der Waals surface area contributed by atoms with Gasteiger partial charge in [0.25, 0.3) is 0 Å². The predicted molar refractivity (Wildman–Crippen MR) is 105 cm³/mol. The Morgan fingerprint density at radius 2 is 1.73 bits per heavy atom. The fraction of sp³-hybridized carbons (Fsp3) is 0.350. The van der Waals surface area contributed by atoms with Crippen molar-refractivity contribution in [3.63, 3.8) is 0 Å². The van der Waals surface area contributed by atoms with Crippen LogP contribution in [0.25, 0.3) is 0 Å². The molecule has 0 aromatic heterocycles. The van der Waals surface area contributed by atoms with E-state index < -0.39 is 10.0 Å². The maximum atomic E-state index is 12.7. The fourth-order valence-corrected chi connectivity index (χ4v) is 4.90. The number of anilines is 2. The van der Waals surface area contributed by atoms with Gasteiger partial charge in [-0.2, -0.15) is 0 Å². The normalized spacial score (nSPS) is 19.7. The van der Waals surface area contributed by atoms with Gasteiger partial charge in [-0.1, -0.05) is 43.3 Å². The minimum absolute atomic E-state index is 0.0500. The number of amides is 1. The van der Waals surface area contributed by atoms with E-state index in [4.69, 9.17) is 0 Å². The number of para-hydroxylation sites is 2. The predicted octanol–water partition coefficient (Wildman–Crippen LogP) is 3.73. The molecule has 0 saturated carbocycles. The molecule has 0 spiro atoms. The highest BCUT2D eigenvalue weighted by molar-refractivity contribution is 7.92. The van der Waals surface area contributed by atoms with Crippen LogP contribution in [0.2, 0.25) is 0 Å². The number of nitrogens with zero attached hydrogens (tertiary/aromatic N) is 2. The maximum absolute atomic E-state index is 12.7. The Bertz CT molecular complexity index is 896. The summed E-state index contributed by atoms with van der Waals surface area (Å²) in [6.07, 6.45) is 2.19. The van der Waals surface area contributed by atoms with E-state index in [1.807, 2.05) is 56.3 Å². The minimum Gasteiger partial charge on any atom is -0.309 e. The van der Waals surface area contributed by atoms with E-state index in [1.54, 1.807) is 17.0 Å². The second-order valence-electron chi connectivity index (χ2n) is 6.67. The third kappa shape index (κ3) is 3.33. The molecule has 0 aliphatic carbocycles. The number of sulfonamides is 1. The van der Waals surface area contributed by atoms with E-state index >= 15 is 0 Å². The van der Waals surface area contributed by atoms with Crippen molar-refractivity contribution in [1.82, 2.24) is 0 Å². The first-order valence-electron chi connectivity index (χ1n) is 8.80. The summed E-state index contributed by atoms with van der Waals surface area (Å²) in [4.78, 5) is 14.3. The third-order valence-corrected chi connectivity index (χ3v) is 5.96. The average Bonchev–Trinajstić information content (AvgIpc) is 2.61. The molecular formula is C20H24N2O3S. The molecule has 0 bridgehead atoms. The van der Waals surface area contributed by atoms with E-state index in [-0.39, 0.29) is 18.0 Å². The van der Waals surface area contributed by atoms with Crippen LogP contribution in [0.15, 0.2) is 54.6 Å². The summed E-state index contributed by atoms with van der Waals surface area (Å²) in [5.74, 6) is 0.0500. The van der Waals surface area contributed by atoms with Crippen LogP contribution in [0.4, 0.5) is 11.4 Å². The monoisotopic (exact) mass is 372 g/mol. The van der Waals surface area contributed by atoms with Crippen molar-refractivity contribution in [3.05, 3.63) is 60.2 Å². The topological polar surface area (TPSA) is 57.7 Å². The summed E-state index contributed by atoms with van der Waals surface area (Å²) < 4.78 is 26.8. The number of hydrogen-bond donors (Lipinski definition) is 0. The smallest absolute Gasteiger partial charge is 0.232 e. The van der Waals surface area contributed by atoms with Crippen LogP contribution in [0.5, 0.6) is 0 Å². The molecule has 3 rings (SSSR count). The van der Waals surface area contributed by atoms with Gasteiger partial charge in [0.05, 0.1) is 18.0 Å². The van der Waals surface area contributed by atoms with Crippen LogP contribution in [-0.4, -0.2) is 26.6 Å². The number of carbonyl (C=O) groups excluding carboxylic acids is 1. The van der Waals surface area contributed by atoms with Crippen LogP contribution in [-0.2, 0) is 14.8 Å². The lowest BCUT2D eigenvalue weighted by atomic mass is 9.91. The Hall–Kier alpha value is -2.34. The molecule has 0 fully saturated rings. The van der Waals surface area contributed by atoms with Crippen molar-refractivity contribution < 1.29 is 13.2 Å². The summed E-state index contributed by atoms with van der Waals surface area (Å²) >= 11 is 0. The first-order chi connectivity index (χ1) is 12.3. The fourth-order valence-electron chi connectivity index (χ4n) is 3.73. The second-order valence-corrected chi connectivity index (χ2v) is 8.53. The van der Waals surface area contributed by atoms with Crippen molar-refractivity contribution >= 4 is 27.3 Å². The standard InChI is InChI=1S/C20H24N2O3S/c1-4-20(23)21-15(2)14-19(17-12-8-9-13-18(17)21)22(26(3,24)25)16-10-6-5-7-11-16/h5-13,15,19H,4,14H2,1-3H3/t15-,19+/m0/s1. The van der Waals surface area contributed by atoms with Crippen LogP contribution in [0, 0.1) is 0 Å². The van der Waals surface area contributed by atoms with Gasteiger partial charge in [-0.05, 0) is 37.1 Å². The van der Waals surface area contributed by atoms with Gasteiger partial charge in [-0.25, -0.2) is 8.42 Å². The summed E-state index contributed by atoms with van der Waals surface area (Å²) in [6.45, 7) is 3.82. The van der Waals surface area contributed by atoms with Crippen molar-refractivity contribution in [1.29, 1.82) is 0 Å². The van der Waals surface area contributed by atoms with Gasteiger partial charge in [0.15, 0.2) is 0 Å². The van der Waals surface area contributed by atoms with E-state index in [0.717, 1.165) is 11.3 Å². The maximum Gasteiger partial charge on any atom is 0.232 e. The van der Waals surface area contributed by atoms with Crippen molar-refractivity contribution in [2.45, 2.75) is 38.8 Å². The summed E-state index contributed by atoms with van der Waals surface area (Å²) in [6, 6.07) is 16.3. The van der Waals surface area contributed by atoms with Gasteiger partial charge < -0.3 is 4.90 Å².